The van der Waals surface area contributed by atoms with Crippen LogP contribution < -0.4 is 9.47 Å². The summed E-state index contributed by atoms with van der Waals surface area (Å²) in [6.45, 7) is 3.58. The molecule has 2 saturated heterocycles. The summed E-state index contributed by atoms with van der Waals surface area (Å²) in [5, 5.41) is 0. The van der Waals surface area contributed by atoms with Gasteiger partial charge in [-0.2, -0.15) is 0 Å². The van der Waals surface area contributed by atoms with Gasteiger partial charge in [0, 0.05) is 30.6 Å². The Hall–Kier alpha value is -2.08. The molecule has 1 aromatic carbocycles. The van der Waals surface area contributed by atoms with Crippen LogP contribution in [0.5, 0.6) is 11.5 Å². The number of rotatable bonds is 4. The molecule has 0 spiro atoms. The van der Waals surface area contributed by atoms with Gasteiger partial charge in [-0.1, -0.05) is 6.42 Å². The van der Waals surface area contributed by atoms with Crippen molar-refractivity contribution < 1.29 is 19.1 Å². The average Bonchev–Trinajstić information content (AvgIpc) is 3.16. The number of hydrogen-bond donors (Lipinski definition) is 0. The molecular formula is C21H26N2O4. The number of fused-ring (bicyclic) bond motifs is 2. The number of likely N-dealkylation sites (tertiary alicyclic amines) is 2. The maximum atomic E-state index is 12.9. The molecule has 4 aliphatic rings. The number of carbonyl (C=O) groups excluding carboxylic acids is 2. The van der Waals surface area contributed by atoms with E-state index >= 15 is 0 Å². The van der Waals surface area contributed by atoms with Gasteiger partial charge in [0.05, 0.1) is 12.6 Å². The third-order valence-electron chi connectivity index (χ3n) is 6.62. The van der Waals surface area contributed by atoms with Crippen molar-refractivity contribution in [2.75, 3.05) is 33.0 Å². The number of nitrogens with zero attached hydrogens (tertiary/aromatic N) is 2. The summed E-state index contributed by atoms with van der Waals surface area (Å²) >= 11 is 0. The maximum absolute atomic E-state index is 12.9. The number of piperidine rings is 1. The van der Waals surface area contributed by atoms with Crippen LogP contribution in [0.3, 0.4) is 0 Å². The zero-order chi connectivity index (χ0) is 18.4. The molecule has 5 rings (SSSR count). The number of carbonyl (C=O) groups is 2. The number of ether oxygens (including phenoxy) is 2. The fourth-order valence-electron chi connectivity index (χ4n) is 5.05. The zero-order valence-corrected chi connectivity index (χ0v) is 15.6. The van der Waals surface area contributed by atoms with E-state index in [-0.39, 0.29) is 11.7 Å². The van der Waals surface area contributed by atoms with E-state index in [0.717, 1.165) is 51.2 Å². The SMILES string of the molecule is O=C(c1ccc2c(c1)OCCO2)C1CCN(CN2C(=O)[C@H]3CCC[C@@H]32)CC1. The second kappa shape index (κ2) is 6.82. The zero-order valence-electron chi connectivity index (χ0n) is 15.6. The topological polar surface area (TPSA) is 59.1 Å². The lowest BCUT2D eigenvalue weighted by Gasteiger charge is -2.47. The molecule has 0 aromatic heterocycles. The first kappa shape index (κ1) is 17.0. The molecule has 1 saturated carbocycles. The third-order valence-corrected chi connectivity index (χ3v) is 6.62. The van der Waals surface area contributed by atoms with Crippen molar-refractivity contribution in [3.8, 4) is 11.5 Å². The Bertz CT molecular complexity index is 757. The monoisotopic (exact) mass is 370 g/mol. The summed E-state index contributed by atoms with van der Waals surface area (Å²) in [6, 6.07) is 5.99. The molecule has 27 heavy (non-hydrogen) atoms. The van der Waals surface area contributed by atoms with E-state index in [2.05, 4.69) is 9.80 Å². The van der Waals surface area contributed by atoms with Gasteiger partial charge >= 0.3 is 0 Å². The van der Waals surface area contributed by atoms with E-state index in [0.29, 0.717) is 42.4 Å². The van der Waals surface area contributed by atoms with E-state index < -0.39 is 0 Å². The maximum Gasteiger partial charge on any atom is 0.229 e. The van der Waals surface area contributed by atoms with Gasteiger partial charge in [-0.25, -0.2) is 0 Å². The highest BCUT2D eigenvalue weighted by molar-refractivity contribution is 5.98. The molecule has 3 aliphatic heterocycles. The van der Waals surface area contributed by atoms with Gasteiger partial charge in [0.1, 0.15) is 13.2 Å². The van der Waals surface area contributed by atoms with Crippen LogP contribution in [-0.4, -0.2) is 60.5 Å². The van der Waals surface area contributed by atoms with Crippen molar-refractivity contribution in [1.29, 1.82) is 0 Å². The number of ketones is 1. The second-order valence-corrected chi connectivity index (χ2v) is 8.17. The minimum atomic E-state index is 0.0510. The van der Waals surface area contributed by atoms with Crippen LogP contribution in [0.4, 0.5) is 0 Å². The van der Waals surface area contributed by atoms with Gasteiger partial charge in [0.25, 0.3) is 0 Å². The molecule has 3 fully saturated rings. The van der Waals surface area contributed by atoms with Gasteiger partial charge in [0.15, 0.2) is 17.3 Å². The van der Waals surface area contributed by atoms with E-state index in [4.69, 9.17) is 9.47 Å². The summed E-state index contributed by atoms with van der Waals surface area (Å²) in [5.41, 5.74) is 0.712. The van der Waals surface area contributed by atoms with Gasteiger partial charge in [-0.3, -0.25) is 14.5 Å². The number of Topliss-reactive ketones (excluding diaryl/α,β-unsaturated/α-hetero) is 1. The average molecular weight is 370 g/mol. The molecule has 3 heterocycles. The van der Waals surface area contributed by atoms with E-state index in [1.54, 1.807) is 0 Å². The van der Waals surface area contributed by atoms with Gasteiger partial charge in [-0.15, -0.1) is 0 Å². The van der Waals surface area contributed by atoms with Crippen LogP contribution in [-0.2, 0) is 4.79 Å². The highest BCUT2D eigenvalue weighted by Gasteiger charge is 2.49. The van der Waals surface area contributed by atoms with Crippen molar-refractivity contribution in [2.24, 2.45) is 11.8 Å². The molecule has 0 unspecified atom stereocenters. The Labute approximate surface area is 159 Å². The lowest BCUT2D eigenvalue weighted by molar-refractivity contribution is -0.158. The first-order valence-electron chi connectivity index (χ1n) is 10.2. The molecule has 144 valence electrons. The summed E-state index contributed by atoms with van der Waals surface area (Å²) in [6.07, 6.45) is 5.12. The Morgan fingerprint density at radius 3 is 2.63 bits per heavy atom. The quantitative estimate of drug-likeness (QED) is 0.601. The summed E-state index contributed by atoms with van der Waals surface area (Å²) < 4.78 is 11.1. The number of benzene rings is 1. The minimum absolute atomic E-state index is 0.0510. The van der Waals surface area contributed by atoms with E-state index in [1.165, 1.54) is 6.42 Å². The van der Waals surface area contributed by atoms with Crippen molar-refractivity contribution >= 4 is 11.7 Å². The second-order valence-electron chi connectivity index (χ2n) is 8.17. The molecule has 2 atom stereocenters. The minimum Gasteiger partial charge on any atom is -0.486 e. The largest absolute Gasteiger partial charge is 0.486 e. The fraction of sp³-hybridized carbons (Fsp3) is 0.619. The fourth-order valence-corrected chi connectivity index (χ4v) is 5.05. The lowest BCUT2D eigenvalue weighted by Crippen LogP contribution is -2.61. The van der Waals surface area contributed by atoms with Crippen LogP contribution in [0.1, 0.15) is 42.5 Å². The van der Waals surface area contributed by atoms with Gasteiger partial charge < -0.3 is 14.4 Å². The summed E-state index contributed by atoms with van der Waals surface area (Å²) in [5.74, 6) is 2.29. The predicted molar refractivity (Wildman–Crippen MR) is 98.9 cm³/mol. The summed E-state index contributed by atoms with van der Waals surface area (Å²) in [7, 11) is 0. The third kappa shape index (κ3) is 3.00. The standard InChI is InChI=1S/C21H26N2O4/c24-20(15-4-5-18-19(12-15)27-11-10-26-18)14-6-8-22(9-7-14)13-23-17-3-1-2-16(17)21(23)25/h4-5,12,14,16-17H,1-3,6-11,13H2/t16-,17-/m0/s1. The number of β-lactam (4-membered cyclic amide) rings is 1. The first-order chi connectivity index (χ1) is 13.2. The molecule has 6 heteroatoms. The van der Waals surface area contributed by atoms with Crippen LogP contribution in [0.2, 0.25) is 0 Å². The Balaban J connectivity index is 1.17. The van der Waals surface area contributed by atoms with Crippen LogP contribution in [0.15, 0.2) is 18.2 Å². The Morgan fingerprint density at radius 1 is 1.04 bits per heavy atom. The molecule has 1 aliphatic carbocycles. The first-order valence-corrected chi connectivity index (χ1v) is 10.2. The van der Waals surface area contributed by atoms with Crippen LogP contribution in [0, 0.1) is 11.8 Å². The van der Waals surface area contributed by atoms with Crippen molar-refractivity contribution in [3.63, 3.8) is 0 Å². The lowest BCUT2D eigenvalue weighted by atomic mass is 9.88. The molecule has 6 nitrogen and oxygen atoms in total. The van der Waals surface area contributed by atoms with Gasteiger partial charge in [-0.05, 0) is 43.9 Å². The van der Waals surface area contributed by atoms with Crippen molar-refractivity contribution in [3.05, 3.63) is 23.8 Å². The van der Waals surface area contributed by atoms with Crippen LogP contribution in [0.25, 0.3) is 0 Å². The van der Waals surface area contributed by atoms with Crippen molar-refractivity contribution in [2.45, 2.75) is 38.1 Å². The number of amides is 1. The highest BCUT2D eigenvalue weighted by atomic mass is 16.6. The van der Waals surface area contributed by atoms with E-state index in [9.17, 15) is 9.59 Å². The molecule has 0 radical (unpaired) electrons. The summed E-state index contributed by atoms with van der Waals surface area (Å²) in [4.78, 5) is 29.5. The van der Waals surface area contributed by atoms with Gasteiger partial charge in [0.2, 0.25) is 5.91 Å². The molecule has 0 N–H and O–H groups in total. The molecular weight excluding hydrogens is 344 g/mol. The normalized spacial score (nSPS) is 28.0. The van der Waals surface area contributed by atoms with E-state index in [1.807, 2.05) is 18.2 Å². The van der Waals surface area contributed by atoms with Crippen LogP contribution >= 0.6 is 0 Å². The Morgan fingerprint density at radius 2 is 1.81 bits per heavy atom. The predicted octanol–water partition coefficient (Wildman–Crippen LogP) is 2.32. The number of hydrogen-bond acceptors (Lipinski definition) is 5. The molecule has 1 amide bonds. The molecule has 0 bridgehead atoms. The smallest absolute Gasteiger partial charge is 0.229 e. The Kier molecular flexibility index (Phi) is 4.31. The highest BCUT2D eigenvalue weighted by Crippen LogP contribution is 2.40. The van der Waals surface area contributed by atoms with Crippen molar-refractivity contribution in [1.82, 2.24) is 9.80 Å². The molecule has 1 aromatic rings.